The molecule has 0 radical (unpaired) electrons. The van der Waals surface area contributed by atoms with Crippen LogP contribution in [0.15, 0.2) is 35.9 Å². The van der Waals surface area contributed by atoms with Gasteiger partial charge in [-0.2, -0.15) is 0 Å². The van der Waals surface area contributed by atoms with E-state index in [2.05, 4.69) is 13.0 Å². The lowest BCUT2D eigenvalue weighted by molar-refractivity contribution is -0.373. The highest BCUT2D eigenvalue weighted by molar-refractivity contribution is 5.92. The molecule has 27 atom stereocenters. The summed E-state index contributed by atoms with van der Waals surface area (Å²) in [5.41, 5.74) is -1.11. The predicted molar refractivity (Wildman–Crippen MR) is 265 cm³/mol. The number of rotatable bonds is 15. The van der Waals surface area contributed by atoms with Crippen molar-refractivity contribution in [3.05, 3.63) is 41.5 Å². The number of phenols is 1. The van der Waals surface area contributed by atoms with Crippen LogP contribution in [0.25, 0.3) is 0 Å². The zero-order chi connectivity index (χ0) is 54.8. The molecule has 8 N–H and O–H groups in total. The van der Waals surface area contributed by atoms with E-state index in [0.717, 1.165) is 12.8 Å². The van der Waals surface area contributed by atoms with Gasteiger partial charge in [-0.3, -0.25) is 0 Å². The van der Waals surface area contributed by atoms with Crippen LogP contribution >= 0.6 is 0 Å². The summed E-state index contributed by atoms with van der Waals surface area (Å²) in [7, 11) is 4.55. The average molecular weight is 1080 g/mol. The fourth-order valence-electron chi connectivity index (χ4n) is 15.0. The summed E-state index contributed by atoms with van der Waals surface area (Å²) in [6.45, 7) is 10.7. The first-order valence-corrected chi connectivity index (χ1v) is 27.4. The lowest BCUT2D eigenvalue weighted by Gasteiger charge is -2.63. The normalized spacial score (nSPS) is 48.9. The molecule has 4 heterocycles. The molecule has 76 heavy (non-hydrogen) atoms. The van der Waals surface area contributed by atoms with Gasteiger partial charge in [0, 0.05) is 39.6 Å². The maximum absolute atomic E-state index is 13.8. The first kappa shape index (κ1) is 58.2. The number of phenolic OH excluding ortho intramolecular Hbond substituents is 1. The molecule has 8 aliphatic rings. The zero-order valence-electron chi connectivity index (χ0n) is 45.2. The predicted octanol–water partition coefficient (Wildman–Crippen LogP) is 2.36. The Kier molecular flexibility index (Phi) is 17.7. The van der Waals surface area contributed by atoms with E-state index in [0.29, 0.717) is 38.5 Å². The number of ether oxygens (including phenoxy) is 12. The Morgan fingerprint density at radius 2 is 1.34 bits per heavy atom. The number of aliphatic hydroxyl groups excluding tert-OH is 6. The first-order valence-electron chi connectivity index (χ1n) is 27.4. The van der Waals surface area contributed by atoms with Crippen molar-refractivity contribution in [3.8, 4) is 5.75 Å². The molecule has 0 aromatic heterocycles. The van der Waals surface area contributed by atoms with Gasteiger partial charge in [0.25, 0.3) is 0 Å². The van der Waals surface area contributed by atoms with E-state index >= 15 is 0 Å². The third-order valence-electron chi connectivity index (χ3n) is 19.3. The van der Waals surface area contributed by atoms with Crippen LogP contribution in [0.5, 0.6) is 5.75 Å². The summed E-state index contributed by atoms with van der Waals surface area (Å²) < 4.78 is 74.5. The van der Waals surface area contributed by atoms with Crippen molar-refractivity contribution in [2.75, 3.05) is 27.9 Å². The Hall–Kier alpha value is -2.49. The van der Waals surface area contributed by atoms with Gasteiger partial charge in [-0.05, 0) is 108 Å². The van der Waals surface area contributed by atoms with Gasteiger partial charge >= 0.3 is 5.97 Å². The average Bonchev–Trinajstić information content (AvgIpc) is 3.74. The van der Waals surface area contributed by atoms with E-state index in [9.17, 15) is 45.6 Å². The highest BCUT2D eigenvalue weighted by Gasteiger charge is 2.71. The Morgan fingerprint density at radius 1 is 0.724 bits per heavy atom. The van der Waals surface area contributed by atoms with Crippen molar-refractivity contribution in [3.63, 3.8) is 0 Å². The van der Waals surface area contributed by atoms with Crippen molar-refractivity contribution < 1.29 is 102 Å². The van der Waals surface area contributed by atoms with Gasteiger partial charge in [-0.15, -0.1) is 0 Å². The van der Waals surface area contributed by atoms with E-state index in [1.54, 1.807) is 47.1 Å². The van der Waals surface area contributed by atoms with E-state index in [4.69, 9.17) is 56.8 Å². The number of hydrogen-bond acceptors (Lipinski definition) is 21. The molecule has 9 rings (SSSR count). The van der Waals surface area contributed by atoms with Crippen LogP contribution in [0.2, 0.25) is 0 Å². The summed E-state index contributed by atoms with van der Waals surface area (Å²) >= 11 is 0. The van der Waals surface area contributed by atoms with Crippen LogP contribution in [0, 0.1) is 28.6 Å². The summed E-state index contributed by atoms with van der Waals surface area (Å²) in [6.07, 6.45) is -12.1. The molecule has 430 valence electrons. The van der Waals surface area contributed by atoms with Crippen molar-refractivity contribution in [2.45, 2.75) is 234 Å². The summed E-state index contributed by atoms with van der Waals surface area (Å²) in [5.74, 6) is -1.24. The SMILES string of the molecule is CO[C@H]1[C@@H](O)[C@H](O[C@H]2[C@@H](OC)C[C@H](O[C@H]3[C@@H](OC)C[C@H](O[C@H]4CC[C@@]5(C)C(=CC[C@@H]6[C@@H]5C[C@@H](OC(=O)c5ccccc5O)[C@]5(C)[C@@H]([C@@H](C)O)CC[C@]65O)C4)O[C@@H]3C)O[C@@H]2C)O[C@H](C)[C@H]1O[C@@H]1O[C@H](CO)[C@@H](O)[C@H](O)[C@H]1O. The number of para-hydroxylation sites is 1. The first-order chi connectivity index (χ1) is 36.1. The molecule has 21 heteroatoms. The van der Waals surface area contributed by atoms with Crippen molar-refractivity contribution >= 4 is 5.97 Å². The molecule has 1 aromatic carbocycles. The number of allylic oxidation sites excluding steroid dienone is 1. The number of methoxy groups -OCH3 is 3. The van der Waals surface area contributed by atoms with Crippen LogP contribution in [0.4, 0.5) is 0 Å². The monoisotopic (exact) mass is 1080 g/mol. The standard InChI is InChI=1S/C55H84O21/c1-25(57)32-17-19-55(64)33-15-14-29-20-30(16-18-53(29,5)34(33)21-39(54(32,55)6)73-50(63)31-12-10-11-13-35(31)58)71-40-22-36(65-7)46(26(2)68-40)74-41-23-37(66-8)47(27(3)69-41)75-52-45(62)49(67-9)48(28(4)70-52)76-51-44(61)43(60)42(59)38(24-56)72-51/h10-14,25-28,30,32-34,36-49,51-52,56-62,64H,15-24H2,1-9H3/t25-,26-,27-,28-,30+,32-,33-,34+,36+,37+,38-,39-,40+,41+,42-,43+,44-,45-,46-,47-,48-,49+,51+,52+,53+,54+,55+/m1/s1. The van der Waals surface area contributed by atoms with Gasteiger partial charge in [-0.25, -0.2) is 4.79 Å². The summed E-state index contributed by atoms with van der Waals surface area (Å²) in [6, 6.07) is 6.31. The van der Waals surface area contributed by atoms with Gasteiger partial charge in [-0.1, -0.05) is 37.6 Å². The third-order valence-corrected chi connectivity index (χ3v) is 19.3. The minimum absolute atomic E-state index is 0.0185. The summed E-state index contributed by atoms with van der Waals surface area (Å²) in [5, 5.41) is 87.0. The Bertz CT molecular complexity index is 2160. The van der Waals surface area contributed by atoms with Crippen molar-refractivity contribution in [1.82, 2.24) is 0 Å². The van der Waals surface area contributed by atoms with Gasteiger partial charge in [0.2, 0.25) is 0 Å². The molecule has 4 aliphatic carbocycles. The van der Waals surface area contributed by atoms with Crippen LogP contribution in [0.1, 0.15) is 110 Å². The molecule has 0 spiro atoms. The number of carbonyl (C=O) groups excluding carboxylic acids is 1. The maximum Gasteiger partial charge on any atom is 0.342 e. The highest BCUT2D eigenvalue weighted by Crippen LogP contribution is 2.69. The number of aliphatic hydroxyl groups is 7. The number of carbonyl (C=O) groups is 1. The molecular weight excluding hydrogens is 997 g/mol. The van der Waals surface area contributed by atoms with E-state index in [-0.39, 0.29) is 47.0 Å². The fourth-order valence-corrected chi connectivity index (χ4v) is 15.0. The lowest BCUT2D eigenvalue weighted by Crippen LogP contribution is -2.67. The maximum atomic E-state index is 13.8. The van der Waals surface area contributed by atoms with E-state index in [1.807, 2.05) is 13.8 Å². The van der Waals surface area contributed by atoms with Gasteiger partial charge in [0.05, 0.1) is 54.9 Å². The number of hydrogen-bond donors (Lipinski definition) is 8. The Morgan fingerprint density at radius 3 is 1.97 bits per heavy atom. The minimum atomic E-state index is -1.67. The fraction of sp³-hybridized carbons (Fsp3) is 0.836. The van der Waals surface area contributed by atoms with Gasteiger partial charge in [0.15, 0.2) is 25.2 Å². The Labute approximate surface area is 444 Å². The second-order valence-electron chi connectivity index (χ2n) is 23.3. The summed E-state index contributed by atoms with van der Waals surface area (Å²) in [4.78, 5) is 13.8. The van der Waals surface area contributed by atoms with Crippen LogP contribution in [-0.2, 0) is 56.8 Å². The lowest BCUT2D eigenvalue weighted by atomic mass is 9.44. The largest absolute Gasteiger partial charge is 0.507 e. The molecule has 7 fully saturated rings. The van der Waals surface area contributed by atoms with Gasteiger partial charge < -0.3 is 97.7 Å². The van der Waals surface area contributed by atoms with Crippen molar-refractivity contribution in [1.29, 1.82) is 0 Å². The number of aromatic hydroxyl groups is 1. The molecule has 3 saturated carbocycles. The van der Waals surface area contributed by atoms with Crippen LogP contribution in [0.3, 0.4) is 0 Å². The number of fused-ring (bicyclic) bond motifs is 5. The highest BCUT2D eigenvalue weighted by atomic mass is 16.8. The second kappa shape index (κ2) is 23.2. The van der Waals surface area contributed by atoms with Gasteiger partial charge in [0.1, 0.15) is 72.4 Å². The van der Waals surface area contributed by atoms with Crippen molar-refractivity contribution in [2.24, 2.45) is 28.6 Å². The molecule has 1 aromatic rings. The number of esters is 1. The zero-order valence-corrected chi connectivity index (χ0v) is 45.2. The molecular formula is C55H84O21. The van der Waals surface area contributed by atoms with E-state index < -0.39 is 146 Å². The molecule has 0 unspecified atom stereocenters. The smallest absolute Gasteiger partial charge is 0.342 e. The molecule has 4 saturated heterocycles. The third kappa shape index (κ3) is 10.4. The molecule has 4 aliphatic heterocycles. The topological polar surface area (TPSA) is 290 Å². The molecule has 0 bridgehead atoms. The van der Waals surface area contributed by atoms with Crippen LogP contribution < -0.4 is 0 Å². The number of benzene rings is 1. The molecule has 21 nitrogen and oxygen atoms in total. The molecule has 0 amide bonds. The Balaban J connectivity index is 0.804. The quantitative estimate of drug-likeness (QED) is 0.0924. The van der Waals surface area contributed by atoms with E-state index in [1.165, 1.54) is 24.8 Å². The van der Waals surface area contributed by atoms with Crippen LogP contribution in [-0.4, -0.2) is 209 Å². The minimum Gasteiger partial charge on any atom is -0.507 e. The second-order valence-corrected chi connectivity index (χ2v) is 23.3.